The number of aliphatic hydroxyl groups is 1. The van der Waals surface area contributed by atoms with E-state index in [1.54, 1.807) is 0 Å². The first-order valence-electron chi connectivity index (χ1n) is 6.07. The summed E-state index contributed by atoms with van der Waals surface area (Å²) in [6.07, 6.45) is 4.67. The Morgan fingerprint density at radius 3 is 2.56 bits per heavy atom. The summed E-state index contributed by atoms with van der Waals surface area (Å²) in [5, 5.41) is 10.5. The van der Waals surface area contributed by atoms with Crippen LogP contribution in [0.4, 0.5) is 0 Å². The summed E-state index contributed by atoms with van der Waals surface area (Å²) >= 11 is 5.90. The average molecular weight is 239 g/mol. The highest BCUT2D eigenvalue weighted by Gasteiger charge is 2.39. The smallest absolute Gasteiger partial charge is 0.0528 e. The van der Waals surface area contributed by atoms with Gasteiger partial charge in [0.15, 0.2) is 0 Å². The molecule has 0 spiro atoms. The summed E-state index contributed by atoms with van der Waals surface area (Å²) in [6.45, 7) is 2.49. The van der Waals surface area contributed by atoms with Crippen molar-refractivity contribution in [2.75, 3.05) is 6.61 Å². The van der Waals surface area contributed by atoms with Crippen molar-refractivity contribution in [3.63, 3.8) is 0 Å². The summed E-state index contributed by atoms with van der Waals surface area (Å²) in [4.78, 5) is 0. The highest BCUT2D eigenvalue weighted by atomic mass is 35.5. The van der Waals surface area contributed by atoms with Crippen LogP contribution in [0.1, 0.15) is 38.2 Å². The number of hydrogen-bond acceptors (Lipinski definition) is 1. The molecule has 0 bridgehead atoms. The third-order valence-electron chi connectivity index (χ3n) is 4.05. The maximum Gasteiger partial charge on any atom is 0.0528 e. The summed E-state index contributed by atoms with van der Waals surface area (Å²) in [5.74, 6) is 0.767. The minimum absolute atomic E-state index is 0.00867. The number of aliphatic hydroxyl groups excluding tert-OH is 1. The van der Waals surface area contributed by atoms with Crippen LogP contribution < -0.4 is 0 Å². The second-order valence-corrected chi connectivity index (χ2v) is 5.40. The van der Waals surface area contributed by atoms with Gasteiger partial charge in [0.25, 0.3) is 0 Å². The molecule has 0 heterocycles. The van der Waals surface area contributed by atoms with E-state index in [-0.39, 0.29) is 12.0 Å². The van der Waals surface area contributed by atoms with Gasteiger partial charge in [0, 0.05) is 10.4 Å². The molecule has 1 nitrogen and oxygen atoms in total. The molecule has 0 amide bonds. The van der Waals surface area contributed by atoms with Gasteiger partial charge in [-0.25, -0.2) is 0 Å². The SMILES string of the molecule is CC[C@@H]1CC[C@](CO)(c2ccc(Cl)cc2)C1. The molecule has 1 aromatic rings. The van der Waals surface area contributed by atoms with E-state index in [0.717, 1.165) is 23.8 Å². The molecular formula is C14H19ClO. The number of halogens is 1. The average Bonchev–Trinajstić information content (AvgIpc) is 2.75. The first-order valence-corrected chi connectivity index (χ1v) is 6.45. The Bertz CT molecular complexity index is 346. The van der Waals surface area contributed by atoms with Crippen LogP contribution in [-0.2, 0) is 5.41 Å². The van der Waals surface area contributed by atoms with Crippen molar-refractivity contribution in [3.05, 3.63) is 34.9 Å². The molecule has 2 heteroatoms. The van der Waals surface area contributed by atoms with E-state index in [0.29, 0.717) is 0 Å². The van der Waals surface area contributed by atoms with Gasteiger partial charge in [0.05, 0.1) is 6.61 Å². The quantitative estimate of drug-likeness (QED) is 0.850. The van der Waals surface area contributed by atoms with Crippen molar-refractivity contribution >= 4 is 11.6 Å². The lowest BCUT2D eigenvalue weighted by atomic mass is 9.79. The Morgan fingerprint density at radius 1 is 1.38 bits per heavy atom. The summed E-state index contributed by atoms with van der Waals surface area (Å²) in [7, 11) is 0. The monoisotopic (exact) mass is 238 g/mol. The normalized spacial score (nSPS) is 29.6. The minimum atomic E-state index is -0.00867. The van der Waals surface area contributed by atoms with Crippen molar-refractivity contribution in [3.8, 4) is 0 Å². The lowest BCUT2D eigenvalue weighted by molar-refractivity contribution is 0.191. The molecule has 1 aromatic carbocycles. The van der Waals surface area contributed by atoms with Gasteiger partial charge >= 0.3 is 0 Å². The second-order valence-electron chi connectivity index (χ2n) is 4.96. The third kappa shape index (κ3) is 2.11. The molecule has 2 atom stereocenters. The Kier molecular flexibility index (Phi) is 3.56. The topological polar surface area (TPSA) is 20.2 Å². The van der Waals surface area contributed by atoms with Crippen LogP contribution in [0.3, 0.4) is 0 Å². The van der Waals surface area contributed by atoms with Gasteiger partial charge in [0.1, 0.15) is 0 Å². The second kappa shape index (κ2) is 4.77. The van der Waals surface area contributed by atoms with Gasteiger partial charge in [-0.05, 0) is 42.9 Å². The van der Waals surface area contributed by atoms with Gasteiger partial charge in [-0.2, -0.15) is 0 Å². The van der Waals surface area contributed by atoms with E-state index in [1.807, 2.05) is 12.1 Å². The fraction of sp³-hybridized carbons (Fsp3) is 0.571. The van der Waals surface area contributed by atoms with E-state index in [9.17, 15) is 5.11 Å². The van der Waals surface area contributed by atoms with Crippen LogP contribution in [0.2, 0.25) is 5.02 Å². The largest absolute Gasteiger partial charge is 0.395 e. The summed E-state index contributed by atoms with van der Waals surface area (Å²) in [6, 6.07) is 7.98. The van der Waals surface area contributed by atoms with Crippen LogP contribution in [0.25, 0.3) is 0 Å². The van der Waals surface area contributed by atoms with Crippen LogP contribution >= 0.6 is 11.6 Å². The Morgan fingerprint density at radius 2 is 2.06 bits per heavy atom. The number of rotatable bonds is 3. The van der Waals surface area contributed by atoms with Crippen LogP contribution in [0.5, 0.6) is 0 Å². The van der Waals surface area contributed by atoms with Gasteiger partial charge in [-0.1, -0.05) is 37.1 Å². The molecule has 2 rings (SSSR count). The molecular weight excluding hydrogens is 220 g/mol. The minimum Gasteiger partial charge on any atom is -0.395 e. The highest BCUT2D eigenvalue weighted by Crippen LogP contribution is 2.45. The molecule has 1 aliphatic rings. The predicted molar refractivity (Wildman–Crippen MR) is 67.8 cm³/mol. The molecule has 0 aliphatic heterocycles. The zero-order valence-corrected chi connectivity index (χ0v) is 10.5. The number of benzene rings is 1. The van der Waals surface area contributed by atoms with Crippen molar-refractivity contribution in [2.24, 2.45) is 5.92 Å². The van der Waals surface area contributed by atoms with Crippen LogP contribution in [0.15, 0.2) is 24.3 Å². The molecule has 1 N–H and O–H groups in total. The fourth-order valence-corrected chi connectivity index (χ4v) is 3.01. The van der Waals surface area contributed by atoms with Gasteiger partial charge in [0.2, 0.25) is 0 Å². The molecule has 0 aromatic heterocycles. The fourth-order valence-electron chi connectivity index (χ4n) is 2.89. The summed E-state index contributed by atoms with van der Waals surface area (Å²) in [5.41, 5.74) is 1.24. The van der Waals surface area contributed by atoms with Crippen molar-refractivity contribution < 1.29 is 5.11 Å². The third-order valence-corrected chi connectivity index (χ3v) is 4.30. The van der Waals surface area contributed by atoms with E-state index >= 15 is 0 Å². The van der Waals surface area contributed by atoms with Crippen molar-refractivity contribution in [1.29, 1.82) is 0 Å². The predicted octanol–water partition coefficient (Wildman–Crippen LogP) is 3.78. The van der Waals surface area contributed by atoms with E-state index in [4.69, 9.17) is 11.6 Å². The first-order chi connectivity index (χ1) is 7.70. The lowest BCUT2D eigenvalue weighted by Crippen LogP contribution is -2.27. The molecule has 0 unspecified atom stereocenters. The van der Waals surface area contributed by atoms with Crippen LogP contribution in [0, 0.1) is 5.92 Å². The maximum atomic E-state index is 9.72. The molecule has 0 radical (unpaired) electrons. The Hall–Kier alpha value is -0.530. The zero-order valence-electron chi connectivity index (χ0n) is 9.75. The molecule has 0 saturated heterocycles. The summed E-state index contributed by atoms with van der Waals surface area (Å²) < 4.78 is 0. The van der Waals surface area contributed by atoms with E-state index in [2.05, 4.69) is 19.1 Å². The molecule has 88 valence electrons. The number of hydrogen-bond donors (Lipinski definition) is 1. The standard InChI is InChI=1S/C14H19ClO/c1-2-11-7-8-14(9-11,10-16)12-3-5-13(15)6-4-12/h3-6,11,16H,2,7-10H2,1H3/t11-,14+/m1/s1. The Balaban J connectivity index is 2.25. The molecule has 1 aliphatic carbocycles. The lowest BCUT2D eigenvalue weighted by Gasteiger charge is -2.27. The molecule has 1 saturated carbocycles. The van der Waals surface area contributed by atoms with E-state index < -0.39 is 0 Å². The van der Waals surface area contributed by atoms with Crippen molar-refractivity contribution in [1.82, 2.24) is 0 Å². The highest BCUT2D eigenvalue weighted by molar-refractivity contribution is 6.30. The van der Waals surface area contributed by atoms with Gasteiger partial charge < -0.3 is 5.11 Å². The van der Waals surface area contributed by atoms with E-state index in [1.165, 1.54) is 18.4 Å². The molecule has 16 heavy (non-hydrogen) atoms. The zero-order chi connectivity index (χ0) is 11.6. The Labute approximate surface area is 102 Å². The van der Waals surface area contributed by atoms with Gasteiger partial charge in [-0.15, -0.1) is 0 Å². The molecule has 1 fully saturated rings. The van der Waals surface area contributed by atoms with Crippen LogP contribution in [-0.4, -0.2) is 11.7 Å². The maximum absolute atomic E-state index is 9.72. The first kappa shape index (κ1) is 11.9. The van der Waals surface area contributed by atoms with Crippen molar-refractivity contribution in [2.45, 2.75) is 38.0 Å². The van der Waals surface area contributed by atoms with Gasteiger partial charge in [-0.3, -0.25) is 0 Å².